The first kappa shape index (κ1) is 10.1. The number of hydrogen-bond donors (Lipinski definition) is 2. The smallest absolute Gasteiger partial charge is 0.328 e. The number of thioether (sulfide) groups is 1. The van der Waals surface area contributed by atoms with E-state index in [2.05, 4.69) is 0 Å². The molecular weight excluding hydrogens is 164 g/mol. The minimum Gasteiger partial charge on any atom is -0.516 e. The van der Waals surface area contributed by atoms with Crippen LogP contribution in [0.2, 0.25) is 0 Å². The molecule has 0 heterocycles. The second-order valence-corrected chi connectivity index (χ2v) is 2.74. The summed E-state index contributed by atoms with van der Waals surface area (Å²) in [5.74, 6) is 0.417. The molecule has 3 nitrogen and oxygen atoms in total. The van der Waals surface area contributed by atoms with Crippen molar-refractivity contribution in [1.29, 1.82) is 0 Å². The van der Waals surface area contributed by atoms with Gasteiger partial charge in [0.2, 0.25) is 0 Å². The summed E-state index contributed by atoms with van der Waals surface area (Å²) >= 11 is 1.52. The second kappa shape index (κ2) is 7.21. The van der Waals surface area contributed by atoms with E-state index < -0.39 is 5.97 Å². The molecule has 0 amide bonds. The topological polar surface area (TPSA) is 57.5 Å². The Morgan fingerprint density at radius 1 is 1.36 bits per heavy atom. The molecule has 0 aromatic heterocycles. The SMILES string of the molecule is O=C(O)C=CCSCC=CO. The Bertz CT molecular complexity index is 163. The van der Waals surface area contributed by atoms with Crippen LogP contribution in [0.15, 0.2) is 24.5 Å². The number of carboxylic acid groups (broad SMARTS) is 1. The summed E-state index contributed by atoms with van der Waals surface area (Å²) in [7, 11) is 0. The highest BCUT2D eigenvalue weighted by molar-refractivity contribution is 7.99. The third kappa shape index (κ3) is 9.10. The van der Waals surface area contributed by atoms with E-state index >= 15 is 0 Å². The fourth-order valence-corrected chi connectivity index (χ4v) is 0.987. The van der Waals surface area contributed by atoms with E-state index in [0.717, 1.165) is 12.3 Å². The van der Waals surface area contributed by atoms with Gasteiger partial charge in [-0.05, 0) is 6.08 Å². The van der Waals surface area contributed by atoms with Gasteiger partial charge in [0.05, 0.1) is 6.26 Å². The van der Waals surface area contributed by atoms with Gasteiger partial charge < -0.3 is 10.2 Å². The molecule has 0 saturated carbocycles. The number of aliphatic hydroxyl groups excluding tert-OH is 1. The van der Waals surface area contributed by atoms with Crippen LogP contribution in [-0.2, 0) is 4.79 Å². The number of hydrogen-bond acceptors (Lipinski definition) is 3. The minimum atomic E-state index is -0.927. The van der Waals surface area contributed by atoms with Gasteiger partial charge in [-0.25, -0.2) is 4.79 Å². The first-order valence-corrected chi connectivity index (χ1v) is 4.19. The Hall–Kier alpha value is -0.900. The van der Waals surface area contributed by atoms with Gasteiger partial charge in [0, 0.05) is 17.6 Å². The van der Waals surface area contributed by atoms with Crippen molar-refractivity contribution in [2.75, 3.05) is 11.5 Å². The molecule has 0 aromatic carbocycles. The molecule has 0 bridgehead atoms. The van der Waals surface area contributed by atoms with Gasteiger partial charge in [0.15, 0.2) is 0 Å². The van der Waals surface area contributed by atoms with E-state index in [9.17, 15) is 4.79 Å². The lowest BCUT2D eigenvalue weighted by atomic mass is 10.5. The third-order valence-electron chi connectivity index (χ3n) is 0.794. The minimum absolute atomic E-state index is 0.649. The maximum Gasteiger partial charge on any atom is 0.328 e. The van der Waals surface area contributed by atoms with Crippen LogP contribution in [-0.4, -0.2) is 27.7 Å². The highest BCUT2D eigenvalue weighted by Gasteiger charge is 1.84. The van der Waals surface area contributed by atoms with E-state index in [1.807, 2.05) is 0 Å². The Morgan fingerprint density at radius 2 is 2.00 bits per heavy atom. The summed E-state index contributed by atoms with van der Waals surface area (Å²) in [6, 6.07) is 0. The number of carboxylic acids is 1. The van der Waals surface area contributed by atoms with Gasteiger partial charge >= 0.3 is 5.97 Å². The normalized spacial score (nSPS) is 11.3. The summed E-state index contributed by atoms with van der Waals surface area (Å²) in [5.41, 5.74) is 0. The van der Waals surface area contributed by atoms with E-state index in [4.69, 9.17) is 10.2 Å². The van der Waals surface area contributed by atoms with Crippen molar-refractivity contribution in [2.24, 2.45) is 0 Å². The number of aliphatic carboxylic acids is 1. The summed E-state index contributed by atoms with van der Waals surface area (Å²) in [4.78, 5) is 9.94. The van der Waals surface area contributed by atoms with Crippen LogP contribution in [0.3, 0.4) is 0 Å². The zero-order valence-corrected chi connectivity index (χ0v) is 6.75. The predicted molar refractivity (Wildman–Crippen MR) is 45.9 cm³/mol. The van der Waals surface area contributed by atoms with Crippen molar-refractivity contribution in [3.8, 4) is 0 Å². The van der Waals surface area contributed by atoms with Crippen LogP contribution in [0.5, 0.6) is 0 Å². The second-order valence-electron chi connectivity index (χ2n) is 1.66. The van der Waals surface area contributed by atoms with Gasteiger partial charge in [0.1, 0.15) is 0 Å². The van der Waals surface area contributed by atoms with Crippen LogP contribution in [0.4, 0.5) is 0 Å². The summed E-state index contributed by atoms with van der Waals surface area (Å²) in [6.45, 7) is 0. The van der Waals surface area contributed by atoms with Crippen molar-refractivity contribution in [2.45, 2.75) is 0 Å². The fourth-order valence-electron chi connectivity index (χ4n) is 0.396. The predicted octanol–water partition coefficient (Wildman–Crippen LogP) is 1.43. The Labute approximate surface area is 69.4 Å². The van der Waals surface area contributed by atoms with Gasteiger partial charge in [0.25, 0.3) is 0 Å². The highest BCUT2D eigenvalue weighted by Crippen LogP contribution is 1.99. The lowest BCUT2D eigenvalue weighted by molar-refractivity contribution is -0.131. The molecule has 0 rings (SSSR count). The quantitative estimate of drug-likeness (QED) is 0.376. The summed E-state index contributed by atoms with van der Waals surface area (Å²) in [6.07, 6.45) is 5.25. The molecule has 0 fully saturated rings. The highest BCUT2D eigenvalue weighted by atomic mass is 32.2. The molecule has 0 aliphatic heterocycles. The number of rotatable bonds is 5. The Balaban J connectivity index is 3.20. The monoisotopic (exact) mass is 174 g/mol. The molecule has 0 radical (unpaired) electrons. The molecule has 62 valence electrons. The Morgan fingerprint density at radius 3 is 2.55 bits per heavy atom. The van der Waals surface area contributed by atoms with Crippen LogP contribution in [0.1, 0.15) is 0 Å². The van der Waals surface area contributed by atoms with Gasteiger partial charge in [-0.1, -0.05) is 6.08 Å². The van der Waals surface area contributed by atoms with Crippen molar-refractivity contribution < 1.29 is 15.0 Å². The molecule has 0 spiro atoms. The molecule has 0 atom stereocenters. The molecule has 0 aliphatic carbocycles. The van der Waals surface area contributed by atoms with Crippen LogP contribution >= 0.6 is 11.8 Å². The summed E-state index contributed by atoms with van der Waals surface area (Å²) < 4.78 is 0. The summed E-state index contributed by atoms with van der Waals surface area (Å²) in [5, 5.41) is 16.4. The van der Waals surface area contributed by atoms with E-state index in [-0.39, 0.29) is 0 Å². The first-order chi connectivity index (χ1) is 5.27. The van der Waals surface area contributed by atoms with E-state index in [1.54, 1.807) is 12.2 Å². The molecule has 0 unspecified atom stereocenters. The maximum absolute atomic E-state index is 9.94. The largest absolute Gasteiger partial charge is 0.516 e. The molecule has 2 N–H and O–H groups in total. The van der Waals surface area contributed by atoms with Crippen molar-refractivity contribution in [3.63, 3.8) is 0 Å². The first-order valence-electron chi connectivity index (χ1n) is 3.04. The average molecular weight is 174 g/mol. The molecule has 11 heavy (non-hydrogen) atoms. The van der Waals surface area contributed by atoms with E-state index in [0.29, 0.717) is 11.5 Å². The lowest BCUT2D eigenvalue weighted by Crippen LogP contribution is -1.86. The lowest BCUT2D eigenvalue weighted by Gasteiger charge is -1.87. The molecule has 4 heteroatoms. The van der Waals surface area contributed by atoms with Gasteiger partial charge in [-0.2, -0.15) is 11.8 Å². The van der Waals surface area contributed by atoms with Gasteiger partial charge in [-0.15, -0.1) is 0 Å². The van der Waals surface area contributed by atoms with Crippen molar-refractivity contribution in [1.82, 2.24) is 0 Å². The third-order valence-corrected chi connectivity index (χ3v) is 1.65. The van der Waals surface area contributed by atoms with Crippen LogP contribution in [0.25, 0.3) is 0 Å². The molecular formula is C7H10O3S. The van der Waals surface area contributed by atoms with Crippen LogP contribution in [0, 0.1) is 0 Å². The number of aliphatic hydroxyl groups is 1. The Kier molecular flexibility index (Phi) is 6.62. The van der Waals surface area contributed by atoms with Gasteiger partial charge in [-0.3, -0.25) is 0 Å². The maximum atomic E-state index is 9.94. The zero-order chi connectivity index (χ0) is 8.53. The van der Waals surface area contributed by atoms with Crippen LogP contribution < -0.4 is 0 Å². The van der Waals surface area contributed by atoms with E-state index in [1.165, 1.54) is 11.8 Å². The zero-order valence-electron chi connectivity index (χ0n) is 5.93. The molecule has 0 aliphatic rings. The average Bonchev–Trinajstić information content (AvgIpc) is 1.96. The fraction of sp³-hybridized carbons (Fsp3) is 0.286. The molecule has 0 aromatic rings. The van der Waals surface area contributed by atoms with Crippen molar-refractivity contribution in [3.05, 3.63) is 24.5 Å². The standard InChI is InChI=1S/C7H10O3S/c8-4-2-6-11-5-1-3-7(9)10/h1-4,8H,5-6H2,(H,9,10). The number of carbonyl (C=O) groups is 1. The van der Waals surface area contributed by atoms with Crippen molar-refractivity contribution >= 4 is 17.7 Å². The molecule has 0 saturated heterocycles.